The summed E-state index contributed by atoms with van der Waals surface area (Å²) in [5.74, 6) is 0.0233. The fourth-order valence-electron chi connectivity index (χ4n) is 3.01. The Kier molecular flexibility index (Phi) is 6.26. The molecule has 3 amide bonds. The van der Waals surface area contributed by atoms with Crippen molar-refractivity contribution in [2.45, 2.75) is 25.9 Å². The first-order valence-corrected chi connectivity index (χ1v) is 9.14. The van der Waals surface area contributed by atoms with Crippen molar-refractivity contribution in [1.82, 2.24) is 10.2 Å². The van der Waals surface area contributed by atoms with Crippen LogP contribution in [0.1, 0.15) is 34.3 Å². The summed E-state index contributed by atoms with van der Waals surface area (Å²) < 4.78 is 4.54. The third kappa shape index (κ3) is 5.09. The summed E-state index contributed by atoms with van der Waals surface area (Å²) in [7, 11) is 1.30. The van der Waals surface area contributed by atoms with Crippen LogP contribution in [0.3, 0.4) is 0 Å². The van der Waals surface area contributed by atoms with Gasteiger partial charge in [-0.1, -0.05) is 24.3 Å². The zero-order valence-corrected chi connectivity index (χ0v) is 15.7. The summed E-state index contributed by atoms with van der Waals surface area (Å²) in [4.78, 5) is 37.0. The van der Waals surface area contributed by atoms with Crippen molar-refractivity contribution in [3.05, 3.63) is 65.2 Å². The molecule has 0 atom stereocenters. The Morgan fingerprint density at radius 3 is 2.32 bits per heavy atom. The molecule has 7 heteroatoms. The van der Waals surface area contributed by atoms with Crippen molar-refractivity contribution in [3.63, 3.8) is 0 Å². The van der Waals surface area contributed by atoms with Gasteiger partial charge in [-0.05, 0) is 41.8 Å². The third-order valence-electron chi connectivity index (χ3n) is 4.60. The van der Waals surface area contributed by atoms with Crippen LogP contribution >= 0.6 is 0 Å². The number of hydrogen-bond donors (Lipinski definition) is 2. The van der Waals surface area contributed by atoms with Crippen molar-refractivity contribution in [1.29, 1.82) is 0 Å². The number of carbonyl (C=O) groups excluding carboxylic acids is 3. The molecule has 146 valence electrons. The Labute approximate surface area is 163 Å². The summed E-state index contributed by atoms with van der Waals surface area (Å²) in [6.45, 7) is 1.77. The maximum atomic E-state index is 12.3. The highest BCUT2D eigenvalue weighted by Gasteiger charge is 2.19. The zero-order valence-electron chi connectivity index (χ0n) is 15.7. The maximum absolute atomic E-state index is 12.3. The summed E-state index contributed by atoms with van der Waals surface area (Å²) in [5.41, 5.74) is 3.11. The SMILES string of the molecule is COC(=O)Nc1ccc(CNC(=O)c2ccc(CN3CCCC3=O)cc2)cc1. The minimum Gasteiger partial charge on any atom is -0.453 e. The molecule has 0 spiro atoms. The van der Waals surface area contributed by atoms with Crippen LogP contribution in [-0.2, 0) is 22.6 Å². The van der Waals surface area contributed by atoms with Crippen LogP contribution in [0, 0.1) is 0 Å². The Hall–Kier alpha value is -3.35. The molecule has 0 aliphatic carbocycles. The van der Waals surface area contributed by atoms with E-state index in [-0.39, 0.29) is 11.8 Å². The van der Waals surface area contributed by atoms with Gasteiger partial charge in [0.25, 0.3) is 5.91 Å². The molecule has 2 N–H and O–H groups in total. The van der Waals surface area contributed by atoms with Crippen molar-refractivity contribution in [2.75, 3.05) is 19.0 Å². The largest absolute Gasteiger partial charge is 0.453 e. The number of ether oxygens (including phenoxy) is 1. The number of methoxy groups -OCH3 is 1. The first kappa shape index (κ1) is 19.4. The fourth-order valence-corrected chi connectivity index (χ4v) is 3.01. The second-order valence-electron chi connectivity index (χ2n) is 6.61. The fraction of sp³-hybridized carbons (Fsp3) is 0.286. The van der Waals surface area contributed by atoms with Crippen molar-refractivity contribution in [3.8, 4) is 0 Å². The van der Waals surface area contributed by atoms with Gasteiger partial charge in [0.05, 0.1) is 7.11 Å². The van der Waals surface area contributed by atoms with Gasteiger partial charge in [0.15, 0.2) is 0 Å². The minimum atomic E-state index is -0.529. The monoisotopic (exact) mass is 381 g/mol. The Morgan fingerprint density at radius 2 is 1.71 bits per heavy atom. The number of rotatable bonds is 6. The summed E-state index contributed by atoms with van der Waals surface area (Å²) in [6, 6.07) is 14.4. The molecule has 1 saturated heterocycles. The van der Waals surface area contributed by atoms with E-state index in [0.29, 0.717) is 30.8 Å². The van der Waals surface area contributed by atoms with E-state index < -0.39 is 6.09 Å². The molecule has 0 saturated carbocycles. The van der Waals surface area contributed by atoms with E-state index in [9.17, 15) is 14.4 Å². The Morgan fingerprint density at radius 1 is 1.04 bits per heavy atom. The van der Waals surface area contributed by atoms with Crippen LogP contribution in [0.5, 0.6) is 0 Å². The second-order valence-corrected chi connectivity index (χ2v) is 6.61. The Balaban J connectivity index is 1.50. The van der Waals surface area contributed by atoms with E-state index >= 15 is 0 Å². The first-order valence-electron chi connectivity index (χ1n) is 9.14. The molecule has 3 rings (SSSR count). The average molecular weight is 381 g/mol. The standard InChI is InChI=1S/C21H23N3O4/c1-28-21(27)23-18-10-6-15(7-11-18)13-22-20(26)17-8-4-16(5-9-17)14-24-12-2-3-19(24)25/h4-11H,2-3,12-14H2,1H3,(H,22,26)(H,23,27). The van der Waals surface area contributed by atoms with Gasteiger partial charge in [0, 0.05) is 37.3 Å². The molecule has 0 unspecified atom stereocenters. The second kappa shape index (κ2) is 9.03. The molecule has 1 aliphatic rings. The molecule has 1 heterocycles. The first-order chi connectivity index (χ1) is 13.5. The highest BCUT2D eigenvalue weighted by molar-refractivity contribution is 5.94. The Bertz CT molecular complexity index is 847. The highest BCUT2D eigenvalue weighted by atomic mass is 16.5. The minimum absolute atomic E-state index is 0.166. The predicted octanol–water partition coefficient (Wildman–Crippen LogP) is 2.92. The third-order valence-corrected chi connectivity index (χ3v) is 4.60. The van der Waals surface area contributed by atoms with Gasteiger partial charge in [-0.15, -0.1) is 0 Å². The van der Waals surface area contributed by atoms with Gasteiger partial charge in [0.2, 0.25) is 5.91 Å². The number of anilines is 1. The predicted molar refractivity (Wildman–Crippen MR) is 105 cm³/mol. The number of benzene rings is 2. The molecule has 7 nitrogen and oxygen atoms in total. The lowest BCUT2D eigenvalue weighted by Gasteiger charge is -2.15. The van der Waals surface area contributed by atoms with Crippen LogP contribution in [0.4, 0.5) is 10.5 Å². The van der Waals surface area contributed by atoms with E-state index in [1.165, 1.54) is 7.11 Å². The van der Waals surface area contributed by atoms with E-state index in [2.05, 4.69) is 15.4 Å². The summed E-state index contributed by atoms with van der Waals surface area (Å²) in [5, 5.41) is 5.44. The molecule has 1 fully saturated rings. The van der Waals surface area contributed by atoms with Gasteiger partial charge in [-0.3, -0.25) is 14.9 Å². The molecular weight excluding hydrogens is 358 g/mol. The van der Waals surface area contributed by atoms with Gasteiger partial charge >= 0.3 is 6.09 Å². The van der Waals surface area contributed by atoms with E-state index in [1.54, 1.807) is 24.3 Å². The number of nitrogens with zero attached hydrogens (tertiary/aromatic N) is 1. The van der Waals surface area contributed by atoms with Crippen LogP contribution in [0.2, 0.25) is 0 Å². The van der Waals surface area contributed by atoms with Crippen LogP contribution < -0.4 is 10.6 Å². The quantitative estimate of drug-likeness (QED) is 0.805. The van der Waals surface area contributed by atoms with Gasteiger partial charge in [-0.2, -0.15) is 0 Å². The van der Waals surface area contributed by atoms with Crippen molar-refractivity contribution < 1.29 is 19.1 Å². The molecule has 2 aromatic rings. The molecule has 2 aromatic carbocycles. The number of carbonyl (C=O) groups is 3. The normalized spacial score (nSPS) is 13.3. The lowest BCUT2D eigenvalue weighted by molar-refractivity contribution is -0.128. The summed E-state index contributed by atoms with van der Waals surface area (Å²) in [6.07, 6.45) is 1.01. The number of amides is 3. The number of likely N-dealkylation sites (tertiary alicyclic amines) is 1. The topological polar surface area (TPSA) is 87.7 Å². The molecule has 1 aliphatic heterocycles. The lowest BCUT2D eigenvalue weighted by Crippen LogP contribution is -2.24. The van der Waals surface area contributed by atoms with Crippen LogP contribution in [0.25, 0.3) is 0 Å². The highest BCUT2D eigenvalue weighted by Crippen LogP contribution is 2.15. The van der Waals surface area contributed by atoms with Crippen molar-refractivity contribution >= 4 is 23.6 Å². The molecule has 0 aromatic heterocycles. The molecule has 28 heavy (non-hydrogen) atoms. The van der Waals surface area contributed by atoms with Gasteiger partial charge < -0.3 is 15.0 Å². The van der Waals surface area contributed by atoms with Gasteiger partial charge in [-0.25, -0.2) is 4.79 Å². The molecule has 0 bridgehead atoms. The molecule has 0 radical (unpaired) electrons. The average Bonchev–Trinajstić information content (AvgIpc) is 3.12. The van der Waals surface area contributed by atoms with Crippen molar-refractivity contribution in [2.24, 2.45) is 0 Å². The molecular formula is C21H23N3O4. The van der Waals surface area contributed by atoms with Gasteiger partial charge in [0.1, 0.15) is 0 Å². The lowest BCUT2D eigenvalue weighted by atomic mass is 10.1. The maximum Gasteiger partial charge on any atom is 0.411 e. The zero-order chi connectivity index (χ0) is 19.9. The van der Waals surface area contributed by atoms with E-state index in [0.717, 1.165) is 24.1 Å². The number of hydrogen-bond acceptors (Lipinski definition) is 4. The van der Waals surface area contributed by atoms with Crippen LogP contribution in [-0.4, -0.2) is 36.5 Å². The van der Waals surface area contributed by atoms with Crippen LogP contribution in [0.15, 0.2) is 48.5 Å². The smallest absolute Gasteiger partial charge is 0.411 e. The van der Waals surface area contributed by atoms with E-state index in [4.69, 9.17) is 0 Å². The number of nitrogens with one attached hydrogen (secondary N) is 2. The summed E-state index contributed by atoms with van der Waals surface area (Å²) >= 11 is 0. The van der Waals surface area contributed by atoms with E-state index in [1.807, 2.05) is 29.2 Å².